The van der Waals surface area contributed by atoms with Gasteiger partial charge in [-0.3, -0.25) is 0 Å². The standard InChI is InChI=1S/C10H7BrF2N4/c1-4-15-9(17-10(14)16-4)5-2-3-6(12)8(13)7(5)11/h2-3H,1H3,(H2,14,15,16,17). The Hall–Kier alpha value is -1.63. The van der Waals surface area contributed by atoms with Gasteiger partial charge >= 0.3 is 0 Å². The fourth-order valence-electron chi connectivity index (χ4n) is 1.32. The van der Waals surface area contributed by atoms with E-state index < -0.39 is 11.6 Å². The van der Waals surface area contributed by atoms with Crippen LogP contribution in [0, 0.1) is 18.6 Å². The van der Waals surface area contributed by atoms with Crippen LogP contribution in [0.15, 0.2) is 16.6 Å². The SMILES string of the molecule is Cc1nc(N)nc(-c2ccc(F)c(F)c2Br)n1. The minimum absolute atomic E-state index is 0.0316. The Morgan fingerprint density at radius 1 is 1.18 bits per heavy atom. The lowest BCUT2D eigenvalue weighted by Crippen LogP contribution is -2.03. The quantitative estimate of drug-likeness (QED) is 0.822. The van der Waals surface area contributed by atoms with Gasteiger partial charge < -0.3 is 5.73 Å². The summed E-state index contributed by atoms with van der Waals surface area (Å²) in [6, 6.07) is 2.38. The topological polar surface area (TPSA) is 64.7 Å². The third-order valence-corrected chi connectivity index (χ3v) is 2.82. The van der Waals surface area contributed by atoms with Crippen molar-refractivity contribution in [2.45, 2.75) is 6.92 Å². The van der Waals surface area contributed by atoms with Crippen LogP contribution < -0.4 is 5.73 Å². The summed E-state index contributed by atoms with van der Waals surface area (Å²) < 4.78 is 26.3. The van der Waals surface area contributed by atoms with E-state index in [0.29, 0.717) is 11.4 Å². The number of anilines is 1. The lowest BCUT2D eigenvalue weighted by atomic mass is 10.2. The molecule has 0 fully saturated rings. The molecule has 1 aromatic carbocycles. The third-order valence-electron chi connectivity index (χ3n) is 2.04. The number of aryl methyl sites for hydroxylation is 1. The first-order valence-electron chi connectivity index (χ1n) is 4.61. The van der Waals surface area contributed by atoms with Crippen molar-refractivity contribution >= 4 is 21.9 Å². The number of nitrogen functional groups attached to an aromatic ring is 1. The maximum atomic E-state index is 13.4. The van der Waals surface area contributed by atoms with Crippen molar-refractivity contribution < 1.29 is 8.78 Å². The number of aromatic nitrogens is 3. The van der Waals surface area contributed by atoms with Crippen molar-refractivity contribution in [3.05, 3.63) is 34.1 Å². The van der Waals surface area contributed by atoms with Gasteiger partial charge in [-0.1, -0.05) is 0 Å². The molecule has 2 N–H and O–H groups in total. The molecule has 0 bridgehead atoms. The number of benzene rings is 1. The highest BCUT2D eigenvalue weighted by Gasteiger charge is 2.15. The van der Waals surface area contributed by atoms with Crippen LogP contribution in [0.2, 0.25) is 0 Å². The van der Waals surface area contributed by atoms with Gasteiger partial charge in [0.15, 0.2) is 17.5 Å². The smallest absolute Gasteiger partial charge is 0.223 e. The van der Waals surface area contributed by atoms with Crippen LogP contribution in [0.25, 0.3) is 11.4 Å². The summed E-state index contributed by atoms with van der Waals surface area (Å²) in [4.78, 5) is 11.7. The summed E-state index contributed by atoms with van der Waals surface area (Å²) in [6.45, 7) is 1.63. The zero-order chi connectivity index (χ0) is 12.6. The van der Waals surface area contributed by atoms with Gasteiger partial charge in [-0.05, 0) is 35.0 Å². The van der Waals surface area contributed by atoms with Crippen LogP contribution in [0.5, 0.6) is 0 Å². The fraction of sp³-hybridized carbons (Fsp3) is 0.100. The minimum atomic E-state index is -0.987. The summed E-state index contributed by atoms with van der Waals surface area (Å²) >= 11 is 2.96. The van der Waals surface area contributed by atoms with E-state index in [0.717, 1.165) is 6.07 Å². The predicted molar refractivity (Wildman–Crippen MR) is 62.0 cm³/mol. The van der Waals surface area contributed by atoms with Crippen LogP contribution in [0.1, 0.15) is 5.82 Å². The third kappa shape index (κ3) is 2.23. The largest absolute Gasteiger partial charge is 0.368 e. The molecular formula is C10H7BrF2N4. The van der Waals surface area contributed by atoms with E-state index in [1.807, 2.05) is 0 Å². The summed E-state index contributed by atoms with van der Waals surface area (Å²) in [5.74, 6) is -1.30. The van der Waals surface area contributed by atoms with Gasteiger partial charge in [0.1, 0.15) is 5.82 Å². The summed E-state index contributed by atoms with van der Waals surface area (Å²) in [7, 11) is 0. The molecule has 0 atom stereocenters. The Balaban J connectivity index is 2.64. The zero-order valence-electron chi connectivity index (χ0n) is 8.71. The number of rotatable bonds is 1. The molecule has 2 aromatic rings. The Kier molecular flexibility index (Phi) is 3.01. The van der Waals surface area contributed by atoms with Crippen LogP contribution in [0.3, 0.4) is 0 Å². The van der Waals surface area contributed by atoms with Crippen molar-refractivity contribution in [1.29, 1.82) is 0 Å². The van der Waals surface area contributed by atoms with Gasteiger partial charge in [-0.2, -0.15) is 9.97 Å². The monoisotopic (exact) mass is 300 g/mol. The molecule has 17 heavy (non-hydrogen) atoms. The number of nitrogens with two attached hydrogens (primary N) is 1. The Bertz CT molecular complexity index is 569. The van der Waals surface area contributed by atoms with Crippen LogP contribution in [-0.4, -0.2) is 15.0 Å². The van der Waals surface area contributed by atoms with E-state index in [2.05, 4.69) is 30.9 Å². The lowest BCUT2D eigenvalue weighted by Gasteiger charge is -2.05. The van der Waals surface area contributed by atoms with Crippen molar-refractivity contribution in [2.24, 2.45) is 0 Å². The molecule has 0 amide bonds. The molecule has 1 aromatic heterocycles. The highest BCUT2D eigenvalue weighted by Crippen LogP contribution is 2.29. The molecule has 0 saturated carbocycles. The van der Waals surface area contributed by atoms with Gasteiger partial charge in [0.05, 0.1) is 4.47 Å². The average molecular weight is 301 g/mol. The molecule has 0 saturated heterocycles. The van der Waals surface area contributed by atoms with Crippen LogP contribution in [-0.2, 0) is 0 Å². The van der Waals surface area contributed by atoms with E-state index in [1.165, 1.54) is 6.07 Å². The van der Waals surface area contributed by atoms with E-state index in [4.69, 9.17) is 5.73 Å². The van der Waals surface area contributed by atoms with Gasteiger partial charge in [0.25, 0.3) is 0 Å². The first-order valence-corrected chi connectivity index (χ1v) is 5.40. The van der Waals surface area contributed by atoms with Crippen molar-refractivity contribution in [3.63, 3.8) is 0 Å². The van der Waals surface area contributed by atoms with Gasteiger partial charge in [0, 0.05) is 5.56 Å². The lowest BCUT2D eigenvalue weighted by molar-refractivity contribution is 0.504. The van der Waals surface area contributed by atoms with Crippen molar-refractivity contribution in [1.82, 2.24) is 15.0 Å². The highest BCUT2D eigenvalue weighted by atomic mass is 79.9. The maximum absolute atomic E-state index is 13.4. The van der Waals surface area contributed by atoms with Crippen molar-refractivity contribution in [3.8, 4) is 11.4 Å². The molecule has 0 radical (unpaired) electrons. The number of halogens is 3. The summed E-state index contributed by atoms with van der Waals surface area (Å²) in [6.07, 6.45) is 0. The molecule has 0 aliphatic carbocycles. The fourth-order valence-corrected chi connectivity index (χ4v) is 1.82. The molecule has 0 aliphatic heterocycles. The molecule has 0 aliphatic rings. The molecule has 7 heteroatoms. The zero-order valence-corrected chi connectivity index (χ0v) is 10.3. The van der Waals surface area contributed by atoms with Gasteiger partial charge in [-0.25, -0.2) is 13.8 Å². The number of hydrogen-bond donors (Lipinski definition) is 1. The van der Waals surface area contributed by atoms with E-state index in [1.54, 1.807) is 6.92 Å². The minimum Gasteiger partial charge on any atom is -0.368 e. The van der Waals surface area contributed by atoms with E-state index in [-0.39, 0.29) is 16.2 Å². The molecule has 1 heterocycles. The highest BCUT2D eigenvalue weighted by molar-refractivity contribution is 9.10. The van der Waals surface area contributed by atoms with Crippen molar-refractivity contribution in [2.75, 3.05) is 5.73 Å². The van der Waals surface area contributed by atoms with E-state index >= 15 is 0 Å². The second-order valence-electron chi connectivity index (χ2n) is 3.29. The second-order valence-corrected chi connectivity index (χ2v) is 4.08. The molecule has 0 unspecified atom stereocenters. The Labute approximate surface area is 104 Å². The second kappa shape index (κ2) is 4.33. The first kappa shape index (κ1) is 11.8. The first-order chi connectivity index (χ1) is 7.99. The predicted octanol–water partition coefficient (Wildman–Crippen LogP) is 2.47. The van der Waals surface area contributed by atoms with E-state index in [9.17, 15) is 8.78 Å². The average Bonchev–Trinajstić information content (AvgIpc) is 2.24. The molecule has 88 valence electrons. The van der Waals surface area contributed by atoms with Crippen LogP contribution in [0.4, 0.5) is 14.7 Å². The molecular weight excluding hydrogens is 294 g/mol. The Morgan fingerprint density at radius 3 is 2.53 bits per heavy atom. The summed E-state index contributed by atoms with van der Waals surface area (Å²) in [5, 5.41) is 0. The summed E-state index contributed by atoms with van der Waals surface area (Å²) in [5.41, 5.74) is 5.79. The van der Waals surface area contributed by atoms with Gasteiger partial charge in [-0.15, -0.1) is 0 Å². The normalized spacial score (nSPS) is 10.6. The molecule has 4 nitrogen and oxygen atoms in total. The van der Waals surface area contributed by atoms with Gasteiger partial charge in [0.2, 0.25) is 5.95 Å². The maximum Gasteiger partial charge on any atom is 0.223 e. The number of nitrogens with zero attached hydrogens (tertiary/aromatic N) is 3. The molecule has 2 rings (SSSR count). The van der Waals surface area contributed by atoms with Crippen LogP contribution >= 0.6 is 15.9 Å². The Morgan fingerprint density at radius 2 is 1.88 bits per heavy atom. The molecule has 0 spiro atoms. The number of hydrogen-bond acceptors (Lipinski definition) is 4.